The van der Waals surface area contributed by atoms with Crippen LogP contribution >= 0.6 is 0 Å². The predicted octanol–water partition coefficient (Wildman–Crippen LogP) is 10.5. The summed E-state index contributed by atoms with van der Waals surface area (Å²) in [6.07, 6.45) is 15.8. The smallest absolute Gasteiger partial charge is 0.0205 e. The largest absolute Gasteiger partial charge is 0.312 e. The van der Waals surface area contributed by atoms with Crippen molar-refractivity contribution in [2.75, 3.05) is 6.54 Å². The molecule has 11 atom stereocenters. The van der Waals surface area contributed by atoms with E-state index in [-0.39, 0.29) is 0 Å². The number of hydrogen-bond acceptors (Lipinski definition) is 1. The second kappa shape index (κ2) is 9.99. The van der Waals surface area contributed by atoms with Gasteiger partial charge in [0.05, 0.1) is 0 Å². The van der Waals surface area contributed by atoms with Gasteiger partial charge in [-0.2, -0.15) is 0 Å². The van der Waals surface area contributed by atoms with Crippen molar-refractivity contribution in [2.45, 2.75) is 126 Å². The molecular weight excluding hydrogens is 482 g/mol. The third-order valence-corrected chi connectivity index (χ3v) is 16.0. The maximum Gasteiger partial charge on any atom is 0.0205 e. The van der Waals surface area contributed by atoms with Crippen LogP contribution in [0.15, 0.2) is 42.5 Å². The lowest BCUT2D eigenvalue weighted by atomic mass is 9.31. The Morgan fingerprint density at radius 3 is 2.30 bits per heavy atom. The molecule has 0 aliphatic heterocycles. The fourth-order valence-electron chi connectivity index (χ4n) is 13.2. The van der Waals surface area contributed by atoms with Crippen LogP contribution in [0.5, 0.6) is 0 Å². The van der Waals surface area contributed by atoms with Crippen LogP contribution in [0.2, 0.25) is 0 Å². The highest BCUT2D eigenvalue weighted by atomic mass is 14.9. The summed E-state index contributed by atoms with van der Waals surface area (Å²) >= 11 is 0. The molecule has 5 aliphatic rings. The van der Waals surface area contributed by atoms with Gasteiger partial charge in [-0.25, -0.2) is 0 Å². The number of rotatable bonds is 6. The highest BCUT2D eigenvalue weighted by molar-refractivity contribution is 5.22. The van der Waals surface area contributed by atoms with Crippen LogP contribution < -0.4 is 5.32 Å². The van der Waals surface area contributed by atoms with Gasteiger partial charge in [-0.15, -0.1) is 0 Å². The molecule has 5 fully saturated rings. The Balaban J connectivity index is 1.31. The fraction of sp³-hybridized carbons (Fsp3) is 0.795. The molecule has 222 valence electrons. The van der Waals surface area contributed by atoms with Crippen LogP contribution in [0.1, 0.15) is 125 Å². The maximum atomic E-state index is 4.62. The molecule has 1 aromatic carbocycles. The van der Waals surface area contributed by atoms with E-state index in [4.69, 9.17) is 0 Å². The van der Waals surface area contributed by atoms with Crippen molar-refractivity contribution < 1.29 is 0 Å². The van der Waals surface area contributed by atoms with Crippen molar-refractivity contribution in [1.29, 1.82) is 0 Å². The number of fused-ring (bicyclic) bond motifs is 7. The quantitative estimate of drug-likeness (QED) is 0.352. The number of benzene rings is 1. The standard InChI is InChI=1S/C39H61N/c1-9-35(5)28(4)17-20-36(6)32(35)19-21-38(8)33(36)16-15-31-34-30(27(2)3)18-22-39(34,24-23-37(31,38)7)26-40-25-29-13-11-10-12-14-29/h10-14,28,30-34,40H,2,9,15-26H2,1,3-8H3/t28-,30?,31?,32-,33?,34?,35+,36-,37+,38+,39+/m0/s1. The zero-order valence-corrected chi connectivity index (χ0v) is 27.3. The van der Waals surface area contributed by atoms with Crippen LogP contribution in [0, 0.1) is 62.6 Å². The first kappa shape index (κ1) is 29.0. The van der Waals surface area contributed by atoms with Crippen LogP contribution in [0.25, 0.3) is 0 Å². The van der Waals surface area contributed by atoms with E-state index in [1.165, 1.54) is 88.3 Å². The zero-order valence-electron chi connectivity index (χ0n) is 27.3. The van der Waals surface area contributed by atoms with Gasteiger partial charge in [0.2, 0.25) is 0 Å². The molecule has 0 bridgehead atoms. The molecule has 4 unspecified atom stereocenters. The van der Waals surface area contributed by atoms with Gasteiger partial charge in [0.15, 0.2) is 0 Å². The first-order valence-corrected chi connectivity index (χ1v) is 17.4. The van der Waals surface area contributed by atoms with Crippen LogP contribution in [-0.2, 0) is 6.54 Å². The molecular formula is C39H61N. The van der Waals surface area contributed by atoms with E-state index in [1.54, 1.807) is 0 Å². The van der Waals surface area contributed by atoms with E-state index in [9.17, 15) is 0 Å². The van der Waals surface area contributed by atoms with Gasteiger partial charge >= 0.3 is 0 Å². The number of hydrogen-bond donors (Lipinski definition) is 1. The lowest BCUT2D eigenvalue weighted by molar-refractivity contribution is -0.243. The number of nitrogens with one attached hydrogen (secondary N) is 1. The van der Waals surface area contributed by atoms with E-state index in [2.05, 4.69) is 90.7 Å². The van der Waals surface area contributed by atoms with Crippen molar-refractivity contribution in [3.05, 3.63) is 48.0 Å². The van der Waals surface area contributed by atoms with Crippen molar-refractivity contribution in [3.8, 4) is 0 Å². The minimum atomic E-state index is 0.452. The first-order valence-electron chi connectivity index (χ1n) is 17.4. The summed E-state index contributed by atoms with van der Waals surface area (Å²) in [6, 6.07) is 11.1. The molecule has 6 rings (SSSR count). The third-order valence-electron chi connectivity index (χ3n) is 16.0. The van der Waals surface area contributed by atoms with Crippen molar-refractivity contribution in [1.82, 2.24) is 5.32 Å². The topological polar surface area (TPSA) is 12.0 Å². The SMILES string of the molecule is C=C(C)C1CC[C@]2(CNCc3ccccc3)CC[C@]3(C)C(CCC4[C@@]5(C)CC[C@H](C)[C@@](C)(CC)[C@@H]5CC[C@]43C)C12. The van der Waals surface area contributed by atoms with Crippen LogP contribution in [-0.4, -0.2) is 6.54 Å². The van der Waals surface area contributed by atoms with Gasteiger partial charge in [-0.1, -0.05) is 90.4 Å². The van der Waals surface area contributed by atoms with Gasteiger partial charge < -0.3 is 5.32 Å². The van der Waals surface area contributed by atoms with E-state index in [1.807, 2.05) is 0 Å². The molecule has 0 aromatic heterocycles. The zero-order chi connectivity index (χ0) is 28.6. The van der Waals surface area contributed by atoms with Crippen LogP contribution in [0.3, 0.4) is 0 Å². The second-order valence-electron chi connectivity index (χ2n) is 16.9. The molecule has 0 heterocycles. The number of allylic oxidation sites excluding steroid dienone is 1. The molecule has 5 aliphatic carbocycles. The highest BCUT2D eigenvalue weighted by Crippen LogP contribution is 2.78. The van der Waals surface area contributed by atoms with Crippen LogP contribution in [0.4, 0.5) is 0 Å². The van der Waals surface area contributed by atoms with Gasteiger partial charge in [0, 0.05) is 13.1 Å². The summed E-state index contributed by atoms with van der Waals surface area (Å²) in [4.78, 5) is 0. The molecule has 1 N–H and O–H groups in total. The van der Waals surface area contributed by atoms with Gasteiger partial charge in [0.1, 0.15) is 0 Å². The van der Waals surface area contributed by atoms with Gasteiger partial charge in [-0.3, -0.25) is 0 Å². The van der Waals surface area contributed by atoms with Crippen molar-refractivity contribution in [3.63, 3.8) is 0 Å². The molecule has 1 aromatic rings. The molecule has 0 amide bonds. The van der Waals surface area contributed by atoms with E-state index in [0.29, 0.717) is 33.0 Å². The van der Waals surface area contributed by atoms with E-state index in [0.717, 1.165) is 36.1 Å². The molecule has 0 saturated heterocycles. The summed E-state index contributed by atoms with van der Waals surface area (Å²) in [5, 5.41) is 4.00. The molecule has 0 radical (unpaired) electrons. The average molecular weight is 544 g/mol. The summed E-state index contributed by atoms with van der Waals surface area (Å²) in [6.45, 7) is 25.4. The molecule has 40 heavy (non-hydrogen) atoms. The van der Waals surface area contributed by atoms with Gasteiger partial charge in [-0.05, 0) is 139 Å². The summed E-state index contributed by atoms with van der Waals surface area (Å²) < 4.78 is 0. The Labute approximate surface area is 247 Å². The molecule has 5 saturated carbocycles. The molecule has 0 spiro atoms. The lowest BCUT2D eigenvalue weighted by Crippen LogP contribution is -2.66. The minimum absolute atomic E-state index is 0.452. The fourth-order valence-corrected chi connectivity index (χ4v) is 13.2. The van der Waals surface area contributed by atoms with Gasteiger partial charge in [0.25, 0.3) is 0 Å². The monoisotopic (exact) mass is 543 g/mol. The summed E-state index contributed by atoms with van der Waals surface area (Å²) in [7, 11) is 0. The van der Waals surface area contributed by atoms with Crippen molar-refractivity contribution >= 4 is 0 Å². The van der Waals surface area contributed by atoms with Crippen molar-refractivity contribution in [2.24, 2.45) is 62.6 Å². The lowest BCUT2D eigenvalue weighted by Gasteiger charge is -2.73. The molecule has 1 nitrogen and oxygen atoms in total. The van der Waals surface area contributed by atoms with E-state index >= 15 is 0 Å². The maximum absolute atomic E-state index is 4.62. The Kier molecular flexibility index (Phi) is 7.25. The normalized spacial score (nSPS) is 49.9. The summed E-state index contributed by atoms with van der Waals surface area (Å²) in [5.41, 5.74) is 5.33. The second-order valence-corrected chi connectivity index (χ2v) is 16.9. The highest BCUT2D eigenvalue weighted by Gasteiger charge is 2.70. The Morgan fingerprint density at radius 1 is 0.850 bits per heavy atom. The third kappa shape index (κ3) is 3.94. The Morgan fingerprint density at radius 2 is 1.60 bits per heavy atom. The minimum Gasteiger partial charge on any atom is -0.312 e. The first-order chi connectivity index (χ1) is 19.0. The predicted molar refractivity (Wildman–Crippen MR) is 171 cm³/mol. The molecule has 1 heteroatoms. The van der Waals surface area contributed by atoms with E-state index < -0.39 is 0 Å². The summed E-state index contributed by atoms with van der Waals surface area (Å²) in [5.74, 6) is 5.06. The average Bonchev–Trinajstić information content (AvgIpc) is 3.32. The Bertz CT molecular complexity index is 1090. The Hall–Kier alpha value is -1.08.